The van der Waals surface area contributed by atoms with Crippen LogP contribution in [0, 0.1) is 23.0 Å². The molecule has 20 heavy (non-hydrogen) atoms. The van der Waals surface area contributed by atoms with E-state index in [1.54, 1.807) is 19.1 Å². The average molecular weight is 277 g/mol. The Morgan fingerprint density at radius 1 is 1.45 bits per heavy atom. The minimum atomic E-state index is -0.501. The fourth-order valence-corrected chi connectivity index (χ4v) is 1.79. The molecule has 0 unspecified atom stereocenters. The summed E-state index contributed by atoms with van der Waals surface area (Å²) in [7, 11) is 0. The zero-order chi connectivity index (χ0) is 15.3. The molecule has 0 bridgehead atoms. The minimum Gasteiger partial charge on any atom is -0.267 e. The summed E-state index contributed by atoms with van der Waals surface area (Å²) in [5, 5.41) is 14.8. The quantitative estimate of drug-likeness (QED) is 0.510. The number of nitro benzene ring substituents is 1. The van der Waals surface area contributed by atoms with E-state index in [-0.39, 0.29) is 11.3 Å². The molecule has 0 saturated heterocycles. The van der Waals surface area contributed by atoms with Gasteiger partial charge in [0.15, 0.2) is 0 Å². The van der Waals surface area contributed by atoms with Crippen molar-refractivity contribution in [1.82, 2.24) is 5.43 Å². The lowest BCUT2D eigenvalue weighted by Crippen LogP contribution is -2.19. The molecule has 1 N–H and O–H groups in total. The molecule has 1 aromatic rings. The molecule has 0 radical (unpaired) electrons. The number of hydrogen-bond acceptors (Lipinski definition) is 4. The van der Waals surface area contributed by atoms with E-state index in [0.717, 1.165) is 12.1 Å². The van der Waals surface area contributed by atoms with Gasteiger partial charge in [-0.15, -0.1) is 0 Å². The smallest absolute Gasteiger partial charge is 0.267 e. The number of hydrogen-bond donors (Lipinski definition) is 1. The van der Waals surface area contributed by atoms with E-state index in [1.807, 2.05) is 6.92 Å². The summed E-state index contributed by atoms with van der Waals surface area (Å²) < 4.78 is 0. The molecule has 6 nitrogen and oxygen atoms in total. The van der Waals surface area contributed by atoms with Crippen molar-refractivity contribution in [3.8, 4) is 0 Å². The van der Waals surface area contributed by atoms with Crippen LogP contribution < -0.4 is 5.43 Å². The number of nitrogens with one attached hydrogen (secondary N) is 1. The van der Waals surface area contributed by atoms with Gasteiger partial charge in [0.05, 0.1) is 4.92 Å². The normalized spacial score (nSPS) is 11.6. The zero-order valence-corrected chi connectivity index (χ0v) is 12.1. The third kappa shape index (κ3) is 4.46. The van der Waals surface area contributed by atoms with Crippen molar-refractivity contribution in [2.75, 3.05) is 0 Å². The largest absolute Gasteiger partial charge is 0.273 e. The van der Waals surface area contributed by atoms with Crippen molar-refractivity contribution in [2.45, 2.75) is 34.1 Å². The third-order valence-corrected chi connectivity index (χ3v) is 2.72. The number of amides is 1. The molecule has 0 saturated carbocycles. The molecule has 0 spiro atoms. The van der Waals surface area contributed by atoms with Crippen molar-refractivity contribution < 1.29 is 9.72 Å². The number of nitrogens with zero attached hydrogens (tertiary/aromatic N) is 2. The van der Waals surface area contributed by atoms with E-state index in [2.05, 4.69) is 24.4 Å². The molecule has 1 rings (SSSR count). The van der Waals surface area contributed by atoms with Crippen LogP contribution in [0.1, 0.15) is 43.1 Å². The van der Waals surface area contributed by atoms with E-state index in [0.29, 0.717) is 11.5 Å². The monoisotopic (exact) mass is 277 g/mol. The molecule has 0 fully saturated rings. The predicted octanol–water partition coefficient (Wildman–Crippen LogP) is 3.06. The van der Waals surface area contributed by atoms with E-state index < -0.39 is 10.8 Å². The third-order valence-electron chi connectivity index (χ3n) is 2.72. The molecule has 0 aliphatic heterocycles. The summed E-state index contributed by atoms with van der Waals surface area (Å²) in [6.45, 7) is 7.58. The molecular formula is C14H19N3O3. The lowest BCUT2D eigenvalue weighted by molar-refractivity contribution is -0.385. The number of rotatable bonds is 5. The van der Waals surface area contributed by atoms with Crippen molar-refractivity contribution in [2.24, 2.45) is 11.0 Å². The second-order valence-electron chi connectivity index (χ2n) is 5.14. The maximum atomic E-state index is 11.9. The summed E-state index contributed by atoms with van der Waals surface area (Å²) in [5.41, 5.74) is 3.91. The van der Waals surface area contributed by atoms with Crippen molar-refractivity contribution in [3.63, 3.8) is 0 Å². The zero-order valence-electron chi connectivity index (χ0n) is 12.1. The summed E-state index contributed by atoms with van der Waals surface area (Å²) in [6.07, 6.45) is 0.786. The molecule has 0 aromatic heterocycles. The second-order valence-corrected chi connectivity index (χ2v) is 5.14. The van der Waals surface area contributed by atoms with Crippen LogP contribution in [0.15, 0.2) is 23.3 Å². The van der Waals surface area contributed by atoms with Gasteiger partial charge in [-0.05, 0) is 32.3 Å². The van der Waals surface area contributed by atoms with Gasteiger partial charge in [0.1, 0.15) is 0 Å². The summed E-state index contributed by atoms with van der Waals surface area (Å²) in [6, 6.07) is 4.36. The van der Waals surface area contributed by atoms with Gasteiger partial charge in [-0.2, -0.15) is 5.10 Å². The van der Waals surface area contributed by atoms with Gasteiger partial charge in [-0.25, -0.2) is 5.43 Å². The van der Waals surface area contributed by atoms with Crippen LogP contribution in [-0.2, 0) is 0 Å². The molecule has 0 heterocycles. The number of nitro groups is 1. The van der Waals surface area contributed by atoms with E-state index in [1.165, 1.54) is 6.07 Å². The van der Waals surface area contributed by atoms with Gasteiger partial charge in [0.25, 0.3) is 11.6 Å². The Bertz CT molecular complexity index is 551. The van der Waals surface area contributed by atoms with Gasteiger partial charge in [-0.3, -0.25) is 14.9 Å². The van der Waals surface area contributed by atoms with Gasteiger partial charge in [0.2, 0.25) is 0 Å². The average Bonchev–Trinajstić information content (AvgIpc) is 2.35. The maximum absolute atomic E-state index is 11.9. The summed E-state index contributed by atoms with van der Waals surface area (Å²) in [4.78, 5) is 22.2. The Hall–Kier alpha value is -2.24. The highest BCUT2D eigenvalue weighted by Crippen LogP contribution is 2.19. The van der Waals surface area contributed by atoms with Crippen LogP contribution >= 0.6 is 0 Å². The number of carbonyl (C=O) groups excluding carboxylic acids is 1. The molecule has 1 amide bonds. The number of aryl methyl sites for hydroxylation is 1. The van der Waals surface area contributed by atoms with E-state index in [4.69, 9.17) is 0 Å². The molecular weight excluding hydrogens is 258 g/mol. The van der Waals surface area contributed by atoms with Gasteiger partial charge in [-0.1, -0.05) is 19.9 Å². The molecule has 0 atom stereocenters. The molecule has 0 aliphatic rings. The number of hydrazone groups is 1. The van der Waals surface area contributed by atoms with Crippen LogP contribution in [0.3, 0.4) is 0 Å². The lowest BCUT2D eigenvalue weighted by atomic mass is 10.1. The molecule has 108 valence electrons. The van der Waals surface area contributed by atoms with E-state index >= 15 is 0 Å². The summed E-state index contributed by atoms with van der Waals surface area (Å²) in [5.74, 6) is 0.00678. The molecule has 1 aromatic carbocycles. The highest BCUT2D eigenvalue weighted by molar-refractivity contribution is 5.95. The highest BCUT2D eigenvalue weighted by Gasteiger charge is 2.14. The first-order valence-corrected chi connectivity index (χ1v) is 6.39. The maximum Gasteiger partial charge on any atom is 0.273 e. The number of carbonyl (C=O) groups is 1. The Morgan fingerprint density at radius 2 is 2.10 bits per heavy atom. The molecule has 0 aliphatic carbocycles. The second kappa shape index (κ2) is 6.79. The van der Waals surface area contributed by atoms with Crippen molar-refractivity contribution in [3.05, 3.63) is 39.4 Å². The standard InChI is InChI=1S/C14H19N3O3/c1-9(2)7-11(4)15-16-14(18)12-6-5-10(3)13(8-12)17(19)20/h5-6,8-9H,7H2,1-4H3,(H,16,18). The Balaban J connectivity index is 2.83. The first-order chi connectivity index (χ1) is 9.31. The predicted molar refractivity (Wildman–Crippen MR) is 77.9 cm³/mol. The highest BCUT2D eigenvalue weighted by atomic mass is 16.6. The van der Waals surface area contributed by atoms with Crippen LogP contribution in [-0.4, -0.2) is 16.5 Å². The van der Waals surface area contributed by atoms with Gasteiger partial charge < -0.3 is 0 Å². The molecule has 6 heteroatoms. The van der Waals surface area contributed by atoms with Crippen molar-refractivity contribution >= 4 is 17.3 Å². The SMILES string of the molecule is CC(CC(C)C)=NNC(=O)c1ccc(C)c([N+](=O)[O-])c1. The van der Waals surface area contributed by atoms with Crippen LogP contribution in [0.5, 0.6) is 0 Å². The van der Waals surface area contributed by atoms with Gasteiger partial charge in [0, 0.05) is 22.9 Å². The van der Waals surface area contributed by atoms with E-state index in [9.17, 15) is 14.9 Å². The topological polar surface area (TPSA) is 84.6 Å². The fourth-order valence-electron chi connectivity index (χ4n) is 1.79. The summed E-state index contributed by atoms with van der Waals surface area (Å²) >= 11 is 0. The Morgan fingerprint density at radius 3 is 2.65 bits per heavy atom. The first kappa shape index (κ1) is 15.8. The van der Waals surface area contributed by atoms with Crippen LogP contribution in [0.2, 0.25) is 0 Å². The van der Waals surface area contributed by atoms with Crippen LogP contribution in [0.25, 0.3) is 0 Å². The minimum absolute atomic E-state index is 0.0690. The number of benzene rings is 1. The first-order valence-electron chi connectivity index (χ1n) is 6.39. The fraction of sp³-hybridized carbons (Fsp3) is 0.429. The van der Waals surface area contributed by atoms with Gasteiger partial charge >= 0.3 is 0 Å². The van der Waals surface area contributed by atoms with Crippen LogP contribution in [0.4, 0.5) is 5.69 Å². The Kier molecular flexibility index (Phi) is 5.37. The van der Waals surface area contributed by atoms with Crippen molar-refractivity contribution in [1.29, 1.82) is 0 Å². The lowest BCUT2D eigenvalue weighted by Gasteiger charge is -2.05. The Labute approximate surface area is 118 Å².